The summed E-state index contributed by atoms with van der Waals surface area (Å²) in [6.45, 7) is 1.39. The summed E-state index contributed by atoms with van der Waals surface area (Å²) in [5.41, 5.74) is 2.40. The van der Waals surface area contributed by atoms with E-state index in [-0.39, 0.29) is 5.82 Å². The molecule has 0 aromatic heterocycles. The average Bonchev–Trinajstić information content (AvgIpc) is 2.44. The Hall–Kier alpha value is -1.87. The Bertz CT molecular complexity index is 528. The molecule has 2 rings (SSSR count). The molecular weight excluding hydrogens is 241 g/mol. The fourth-order valence-corrected chi connectivity index (χ4v) is 1.92. The van der Waals surface area contributed by atoms with Crippen molar-refractivity contribution in [3.05, 3.63) is 65.5 Å². The maximum absolute atomic E-state index is 13.1. The van der Waals surface area contributed by atoms with Crippen molar-refractivity contribution in [1.82, 2.24) is 5.32 Å². The fraction of sp³-hybridized carbons (Fsp3) is 0.250. The highest BCUT2D eigenvalue weighted by molar-refractivity contribution is 5.28. The van der Waals surface area contributed by atoms with E-state index < -0.39 is 0 Å². The minimum absolute atomic E-state index is 0.277. The van der Waals surface area contributed by atoms with E-state index in [0.717, 1.165) is 18.5 Å². The van der Waals surface area contributed by atoms with Gasteiger partial charge in [0.05, 0.1) is 0 Å². The van der Waals surface area contributed by atoms with E-state index in [1.165, 1.54) is 17.7 Å². The summed E-state index contributed by atoms with van der Waals surface area (Å²) in [5.74, 6) is 0.282. The molecule has 0 saturated carbocycles. The standard InChI is InChI=1S/C16H18FNO/c1-18-10-9-13-5-2-3-6-14(13)12-19-16-8-4-7-15(17)11-16/h2-8,11,18H,9-10,12H2,1H3. The van der Waals surface area contributed by atoms with Gasteiger partial charge in [-0.05, 0) is 43.3 Å². The second-order valence-corrected chi connectivity index (χ2v) is 4.37. The van der Waals surface area contributed by atoms with Gasteiger partial charge < -0.3 is 10.1 Å². The van der Waals surface area contributed by atoms with Crippen LogP contribution in [-0.2, 0) is 13.0 Å². The number of nitrogens with one attached hydrogen (secondary N) is 1. The van der Waals surface area contributed by atoms with Crippen LogP contribution in [0.4, 0.5) is 4.39 Å². The number of likely N-dealkylation sites (N-methyl/N-ethyl adjacent to an activating group) is 1. The average molecular weight is 259 g/mol. The maximum atomic E-state index is 13.1. The van der Waals surface area contributed by atoms with Crippen molar-refractivity contribution in [2.45, 2.75) is 13.0 Å². The Balaban J connectivity index is 2.02. The minimum Gasteiger partial charge on any atom is -0.489 e. The first kappa shape index (κ1) is 13.6. The molecule has 0 aliphatic heterocycles. The quantitative estimate of drug-likeness (QED) is 0.860. The molecule has 2 aromatic rings. The van der Waals surface area contributed by atoms with Gasteiger partial charge in [-0.25, -0.2) is 4.39 Å². The molecule has 19 heavy (non-hydrogen) atoms. The lowest BCUT2D eigenvalue weighted by molar-refractivity contribution is 0.303. The molecule has 0 amide bonds. The predicted octanol–water partition coefficient (Wildman–Crippen LogP) is 3.17. The van der Waals surface area contributed by atoms with E-state index in [0.29, 0.717) is 12.4 Å². The molecule has 0 aliphatic carbocycles. The van der Waals surface area contributed by atoms with Gasteiger partial charge in [-0.1, -0.05) is 30.3 Å². The third-order valence-electron chi connectivity index (χ3n) is 2.95. The summed E-state index contributed by atoms with van der Waals surface area (Å²) in [4.78, 5) is 0. The van der Waals surface area contributed by atoms with Crippen molar-refractivity contribution in [3.8, 4) is 5.75 Å². The van der Waals surface area contributed by atoms with E-state index in [9.17, 15) is 4.39 Å². The van der Waals surface area contributed by atoms with E-state index in [4.69, 9.17) is 4.74 Å². The first-order chi connectivity index (χ1) is 9.29. The number of halogens is 1. The normalized spacial score (nSPS) is 10.4. The van der Waals surface area contributed by atoms with Gasteiger partial charge in [-0.15, -0.1) is 0 Å². The molecule has 100 valence electrons. The van der Waals surface area contributed by atoms with Crippen LogP contribution in [0.3, 0.4) is 0 Å². The molecule has 2 nitrogen and oxygen atoms in total. The zero-order chi connectivity index (χ0) is 13.5. The summed E-state index contributed by atoms with van der Waals surface area (Å²) in [5, 5.41) is 3.13. The maximum Gasteiger partial charge on any atom is 0.126 e. The molecule has 0 fully saturated rings. The molecule has 0 spiro atoms. The first-order valence-electron chi connectivity index (χ1n) is 6.39. The SMILES string of the molecule is CNCCc1ccccc1COc1cccc(F)c1. The lowest BCUT2D eigenvalue weighted by atomic mass is 10.1. The molecule has 1 N–H and O–H groups in total. The number of ether oxygens (including phenoxy) is 1. The van der Waals surface area contributed by atoms with Crippen molar-refractivity contribution in [1.29, 1.82) is 0 Å². The van der Waals surface area contributed by atoms with Gasteiger partial charge in [0, 0.05) is 6.07 Å². The van der Waals surface area contributed by atoms with Crippen LogP contribution < -0.4 is 10.1 Å². The molecule has 0 atom stereocenters. The Morgan fingerprint density at radius 2 is 1.84 bits per heavy atom. The number of hydrogen-bond donors (Lipinski definition) is 1. The molecule has 0 bridgehead atoms. The molecule has 2 aromatic carbocycles. The second-order valence-electron chi connectivity index (χ2n) is 4.37. The first-order valence-corrected chi connectivity index (χ1v) is 6.39. The van der Waals surface area contributed by atoms with Crippen LogP contribution in [0.1, 0.15) is 11.1 Å². The van der Waals surface area contributed by atoms with Crippen molar-refractivity contribution < 1.29 is 9.13 Å². The van der Waals surface area contributed by atoms with E-state index >= 15 is 0 Å². The lowest BCUT2D eigenvalue weighted by Gasteiger charge is -2.11. The Kier molecular flexibility index (Phi) is 4.93. The van der Waals surface area contributed by atoms with Crippen molar-refractivity contribution in [2.24, 2.45) is 0 Å². The number of benzene rings is 2. The van der Waals surface area contributed by atoms with Gasteiger partial charge in [0.25, 0.3) is 0 Å². The smallest absolute Gasteiger partial charge is 0.126 e. The zero-order valence-electron chi connectivity index (χ0n) is 11.0. The second kappa shape index (κ2) is 6.90. The fourth-order valence-electron chi connectivity index (χ4n) is 1.92. The Morgan fingerprint density at radius 3 is 2.58 bits per heavy atom. The Labute approximate surface area is 113 Å². The van der Waals surface area contributed by atoms with Gasteiger partial charge in [0.2, 0.25) is 0 Å². The molecule has 0 heterocycles. The molecule has 0 aliphatic rings. The summed E-state index contributed by atoms with van der Waals surface area (Å²) in [6.07, 6.45) is 0.958. The van der Waals surface area contributed by atoms with Gasteiger partial charge >= 0.3 is 0 Å². The molecular formula is C16H18FNO. The molecule has 3 heteroatoms. The lowest BCUT2D eigenvalue weighted by Crippen LogP contribution is -2.12. The molecule has 0 saturated heterocycles. The summed E-state index contributed by atoms with van der Waals surface area (Å²) < 4.78 is 18.7. The van der Waals surface area contributed by atoms with Crippen LogP contribution >= 0.6 is 0 Å². The zero-order valence-corrected chi connectivity index (χ0v) is 11.0. The third kappa shape index (κ3) is 4.07. The monoisotopic (exact) mass is 259 g/mol. The van der Waals surface area contributed by atoms with Gasteiger partial charge in [-0.3, -0.25) is 0 Å². The van der Waals surface area contributed by atoms with Crippen LogP contribution in [0.15, 0.2) is 48.5 Å². The third-order valence-corrected chi connectivity index (χ3v) is 2.95. The minimum atomic E-state index is -0.277. The topological polar surface area (TPSA) is 21.3 Å². The number of rotatable bonds is 6. The summed E-state index contributed by atoms with van der Waals surface area (Å²) >= 11 is 0. The largest absolute Gasteiger partial charge is 0.489 e. The highest BCUT2D eigenvalue weighted by Crippen LogP contribution is 2.16. The Morgan fingerprint density at radius 1 is 1.05 bits per heavy atom. The van der Waals surface area contributed by atoms with Crippen molar-refractivity contribution >= 4 is 0 Å². The summed E-state index contributed by atoms with van der Waals surface area (Å²) in [6, 6.07) is 14.4. The van der Waals surface area contributed by atoms with E-state index in [1.807, 2.05) is 25.2 Å². The van der Waals surface area contributed by atoms with Crippen LogP contribution in [0.5, 0.6) is 5.75 Å². The highest BCUT2D eigenvalue weighted by Gasteiger charge is 2.03. The van der Waals surface area contributed by atoms with Crippen molar-refractivity contribution in [3.63, 3.8) is 0 Å². The van der Waals surface area contributed by atoms with Crippen LogP contribution in [0.25, 0.3) is 0 Å². The van der Waals surface area contributed by atoms with Gasteiger partial charge in [0.15, 0.2) is 0 Å². The van der Waals surface area contributed by atoms with Crippen molar-refractivity contribution in [2.75, 3.05) is 13.6 Å². The van der Waals surface area contributed by atoms with Gasteiger partial charge in [-0.2, -0.15) is 0 Å². The number of hydrogen-bond acceptors (Lipinski definition) is 2. The molecule has 0 unspecified atom stereocenters. The highest BCUT2D eigenvalue weighted by atomic mass is 19.1. The predicted molar refractivity (Wildman–Crippen MR) is 74.8 cm³/mol. The van der Waals surface area contributed by atoms with Crippen LogP contribution in [0.2, 0.25) is 0 Å². The van der Waals surface area contributed by atoms with Gasteiger partial charge in [0.1, 0.15) is 18.2 Å². The van der Waals surface area contributed by atoms with Crippen LogP contribution in [-0.4, -0.2) is 13.6 Å². The van der Waals surface area contributed by atoms with Crippen LogP contribution in [0, 0.1) is 5.82 Å². The van der Waals surface area contributed by atoms with E-state index in [1.54, 1.807) is 12.1 Å². The van der Waals surface area contributed by atoms with E-state index in [2.05, 4.69) is 11.4 Å². The summed E-state index contributed by atoms with van der Waals surface area (Å²) in [7, 11) is 1.94. The molecule has 0 radical (unpaired) electrons.